The molecule has 0 spiro atoms. The van der Waals surface area contributed by atoms with Crippen LogP contribution in [0.2, 0.25) is 5.02 Å². The van der Waals surface area contributed by atoms with Gasteiger partial charge >= 0.3 is 5.97 Å². The summed E-state index contributed by atoms with van der Waals surface area (Å²) in [5.74, 6) is -0.528. The molecule has 31 heavy (non-hydrogen) atoms. The van der Waals surface area contributed by atoms with Gasteiger partial charge in [-0.05, 0) is 60.2 Å². The van der Waals surface area contributed by atoms with Crippen LogP contribution in [-0.4, -0.2) is 23.1 Å². The van der Waals surface area contributed by atoms with Crippen LogP contribution in [0.1, 0.15) is 26.4 Å². The number of halogens is 1. The van der Waals surface area contributed by atoms with Gasteiger partial charge in [-0.25, -0.2) is 15.2 Å². The number of carbonyl (C=O) groups is 2. The molecule has 1 amide bonds. The fraction of sp³-hybridized carbons (Fsp3) is 0. The Morgan fingerprint density at radius 3 is 2.55 bits per heavy atom. The molecule has 152 valence electrons. The molecule has 0 atom stereocenters. The van der Waals surface area contributed by atoms with E-state index in [9.17, 15) is 9.59 Å². The predicted molar refractivity (Wildman–Crippen MR) is 120 cm³/mol. The molecule has 3 aromatic carbocycles. The van der Waals surface area contributed by atoms with E-state index in [-0.39, 0.29) is 5.69 Å². The van der Waals surface area contributed by atoms with Crippen LogP contribution < -0.4 is 10.2 Å². The van der Waals surface area contributed by atoms with Crippen molar-refractivity contribution in [1.29, 1.82) is 0 Å². The molecule has 0 aliphatic carbocycles. The first kappa shape index (κ1) is 20.3. The number of carbonyl (C=O) groups excluding carboxylic acids is 2. The van der Waals surface area contributed by atoms with Gasteiger partial charge in [0.25, 0.3) is 5.91 Å². The lowest BCUT2D eigenvalue weighted by Gasteiger charge is -2.05. The zero-order chi connectivity index (χ0) is 21.6. The minimum absolute atomic E-state index is 0.277. The van der Waals surface area contributed by atoms with Gasteiger partial charge in [0, 0.05) is 10.4 Å². The summed E-state index contributed by atoms with van der Waals surface area (Å²) in [7, 11) is 0. The molecule has 0 saturated heterocycles. The van der Waals surface area contributed by atoms with Crippen molar-refractivity contribution < 1.29 is 14.3 Å². The molecule has 0 fully saturated rings. The third-order valence-corrected chi connectivity index (χ3v) is 4.60. The molecule has 1 aromatic heterocycles. The average molecular weight is 430 g/mol. The summed E-state index contributed by atoms with van der Waals surface area (Å²) in [6, 6.07) is 24.3. The highest BCUT2D eigenvalue weighted by molar-refractivity contribution is 6.30. The summed E-state index contributed by atoms with van der Waals surface area (Å²) >= 11 is 5.89. The van der Waals surface area contributed by atoms with E-state index in [0.29, 0.717) is 21.9 Å². The van der Waals surface area contributed by atoms with Gasteiger partial charge in [-0.15, -0.1) is 0 Å². The number of esters is 1. The van der Waals surface area contributed by atoms with E-state index < -0.39 is 11.9 Å². The lowest BCUT2D eigenvalue weighted by Crippen LogP contribution is -2.18. The molecule has 0 saturated carbocycles. The minimum atomic E-state index is -0.501. The second-order valence-electron chi connectivity index (χ2n) is 6.56. The first-order chi connectivity index (χ1) is 15.1. The van der Waals surface area contributed by atoms with Gasteiger partial charge in [0.15, 0.2) is 0 Å². The molecule has 6 nitrogen and oxygen atoms in total. The highest BCUT2D eigenvalue weighted by Crippen LogP contribution is 2.16. The number of hydrogen-bond donors (Lipinski definition) is 1. The second kappa shape index (κ2) is 9.19. The lowest BCUT2D eigenvalue weighted by molar-refractivity contribution is 0.0734. The number of ether oxygens (including phenoxy) is 1. The van der Waals surface area contributed by atoms with Gasteiger partial charge < -0.3 is 4.74 Å². The molecule has 7 heteroatoms. The number of hydrogen-bond acceptors (Lipinski definition) is 5. The minimum Gasteiger partial charge on any atom is -0.423 e. The van der Waals surface area contributed by atoms with Crippen molar-refractivity contribution in [3.63, 3.8) is 0 Å². The Balaban J connectivity index is 1.35. The Bertz CT molecular complexity index is 1290. The summed E-state index contributed by atoms with van der Waals surface area (Å²) in [4.78, 5) is 28.7. The van der Waals surface area contributed by atoms with E-state index >= 15 is 0 Å². The number of rotatable bonds is 5. The molecule has 1 heterocycles. The number of pyridine rings is 1. The molecular weight excluding hydrogens is 414 g/mol. The summed E-state index contributed by atoms with van der Waals surface area (Å²) in [5.41, 5.74) is 4.55. The van der Waals surface area contributed by atoms with E-state index in [1.54, 1.807) is 48.5 Å². The van der Waals surface area contributed by atoms with Crippen molar-refractivity contribution in [2.45, 2.75) is 0 Å². The number of fused-ring (bicyclic) bond motifs is 1. The van der Waals surface area contributed by atoms with Gasteiger partial charge in [-0.3, -0.25) is 4.79 Å². The zero-order valence-electron chi connectivity index (χ0n) is 16.2. The SMILES string of the molecule is O=C(Oc1ccc(C=NNC(=O)c2ccc3ccccc3n2)cc1)c1cccc(Cl)c1. The Morgan fingerprint density at radius 2 is 1.74 bits per heavy atom. The van der Waals surface area contributed by atoms with Gasteiger partial charge in [0.2, 0.25) is 0 Å². The summed E-state index contributed by atoms with van der Waals surface area (Å²) < 4.78 is 5.33. The maximum absolute atomic E-state index is 12.3. The molecule has 0 radical (unpaired) electrons. The third kappa shape index (κ3) is 5.12. The first-order valence-electron chi connectivity index (χ1n) is 9.35. The Kier molecular flexibility index (Phi) is 6.01. The number of nitrogens with zero attached hydrogens (tertiary/aromatic N) is 2. The maximum Gasteiger partial charge on any atom is 0.343 e. The van der Waals surface area contributed by atoms with E-state index in [1.165, 1.54) is 12.3 Å². The quantitative estimate of drug-likeness (QED) is 0.212. The third-order valence-electron chi connectivity index (χ3n) is 4.36. The van der Waals surface area contributed by atoms with E-state index in [0.717, 1.165) is 10.9 Å². The highest BCUT2D eigenvalue weighted by atomic mass is 35.5. The zero-order valence-corrected chi connectivity index (χ0v) is 16.9. The largest absolute Gasteiger partial charge is 0.423 e. The van der Waals surface area contributed by atoms with E-state index in [1.807, 2.05) is 30.3 Å². The van der Waals surface area contributed by atoms with Crippen LogP contribution in [0.3, 0.4) is 0 Å². The van der Waals surface area contributed by atoms with Crippen LogP contribution in [-0.2, 0) is 0 Å². The van der Waals surface area contributed by atoms with Crippen molar-refractivity contribution >= 4 is 40.6 Å². The summed E-state index contributed by atoms with van der Waals surface area (Å²) in [6.45, 7) is 0. The molecule has 4 aromatic rings. The van der Waals surface area contributed by atoms with Crippen LogP contribution in [0.4, 0.5) is 0 Å². The van der Waals surface area contributed by atoms with E-state index in [2.05, 4.69) is 15.5 Å². The van der Waals surface area contributed by atoms with Crippen molar-refractivity contribution in [3.05, 3.63) is 107 Å². The molecule has 0 unspecified atom stereocenters. The van der Waals surface area contributed by atoms with Crippen molar-refractivity contribution in [3.8, 4) is 5.75 Å². The average Bonchev–Trinajstić information content (AvgIpc) is 2.80. The number of amides is 1. The van der Waals surface area contributed by atoms with Gasteiger partial charge in [0.05, 0.1) is 17.3 Å². The van der Waals surface area contributed by atoms with Crippen LogP contribution >= 0.6 is 11.6 Å². The fourth-order valence-electron chi connectivity index (χ4n) is 2.82. The fourth-order valence-corrected chi connectivity index (χ4v) is 3.01. The van der Waals surface area contributed by atoms with Crippen LogP contribution in [0.25, 0.3) is 10.9 Å². The standard InChI is InChI=1S/C24H16ClN3O3/c25-19-6-3-5-18(14-19)24(30)31-20-11-8-16(9-12-20)15-26-28-23(29)22-13-10-17-4-1-2-7-21(17)27-22/h1-15H,(H,28,29). The second-order valence-corrected chi connectivity index (χ2v) is 6.99. The molecule has 0 aliphatic rings. The predicted octanol–water partition coefficient (Wildman–Crippen LogP) is 4.87. The number of hydrazone groups is 1. The van der Waals surface area contributed by atoms with Crippen molar-refractivity contribution in [1.82, 2.24) is 10.4 Å². The molecule has 0 aliphatic heterocycles. The van der Waals surface area contributed by atoms with Gasteiger partial charge in [0.1, 0.15) is 11.4 Å². The number of para-hydroxylation sites is 1. The number of aromatic nitrogens is 1. The maximum atomic E-state index is 12.3. The van der Waals surface area contributed by atoms with Crippen molar-refractivity contribution in [2.24, 2.45) is 5.10 Å². The van der Waals surface area contributed by atoms with Crippen molar-refractivity contribution in [2.75, 3.05) is 0 Å². The van der Waals surface area contributed by atoms with Crippen LogP contribution in [0.5, 0.6) is 5.75 Å². The summed E-state index contributed by atoms with van der Waals surface area (Å²) in [6.07, 6.45) is 1.49. The molecule has 0 bridgehead atoms. The molecule has 1 N–H and O–H groups in total. The molecular formula is C24H16ClN3O3. The van der Waals surface area contributed by atoms with Gasteiger partial charge in [-0.2, -0.15) is 5.10 Å². The Labute approximate surface area is 183 Å². The highest BCUT2D eigenvalue weighted by Gasteiger charge is 2.09. The topological polar surface area (TPSA) is 80.6 Å². The lowest BCUT2D eigenvalue weighted by atomic mass is 10.2. The van der Waals surface area contributed by atoms with Crippen LogP contribution in [0.15, 0.2) is 90.0 Å². The first-order valence-corrected chi connectivity index (χ1v) is 9.73. The number of benzene rings is 3. The Hall–Kier alpha value is -4.03. The van der Waals surface area contributed by atoms with E-state index in [4.69, 9.17) is 16.3 Å². The van der Waals surface area contributed by atoms with Crippen LogP contribution in [0, 0.1) is 0 Å². The normalized spacial score (nSPS) is 10.9. The number of nitrogens with one attached hydrogen (secondary N) is 1. The Morgan fingerprint density at radius 1 is 0.935 bits per heavy atom. The molecule has 4 rings (SSSR count). The monoisotopic (exact) mass is 429 g/mol. The van der Waals surface area contributed by atoms with Gasteiger partial charge in [-0.1, -0.05) is 41.9 Å². The smallest absolute Gasteiger partial charge is 0.343 e. The summed E-state index contributed by atoms with van der Waals surface area (Å²) in [5, 5.41) is 5.38.